The standard InChI is InChI=1S/C26H29NO3/c1-17(2)20-6-9-23(10-7-20)27-26(28)21-8-11-25(29-5)22(15-21)16-30-24-13-18(3)12-19(4)14-24/h6-15,17H,16H2,1-5H3,(H,27,28). The Morgan fingerprint density at radius 2 is 1.60 bits per heavy atom. The van der Waals surface area contributed by atoms with E-state index in [0.29, 0.717) is 23.8 Å². The zero-order chi connectivity index (χ0) is 21.7. The first-order chi connectivity index (χ1) is 14.4. The molecule has 0 fully saturated rings. The molecule has 0 aliphatic heterocycles. The van der Waals surface area contributed by atoms with E-state index in [9.17, 15) is 4.79 Å². The van der Waals surface area contributed by atoms with Crippen molar-refractivity contribution in [3.8, 4) is 11.5 Å². The Balaban J connectivity index is 1.74. The van der Waals surface area contributed by atoms with Crippen LogP contribution in [0.4, 0.5) is 5.69 Å². The van der Waals surface area contributed by atoms with Crippen LogP contribution in [-0.4, -0.2) is 13.0 Å². The summed E-state index contributed by atoms with van der Waals surface area (Å²) in [6.07, 6.45) is 0. The van der Waals surface area contributed by atoms with Crippen molar-refractivity contribution in [2.24, 2.45) is 0 Å². The molecule has 0 spiro atoms. The fourth-order valence-corrected chi connectivity index (χ4v) is 3.36. The Labute approximate surface area is 178 Å². The van der Waals surface area contributed by atoms with Crippen LogP contribution in [0.25, 0.3) is 0 Å². The maximum atomic E-state index is 12.8. The fourth-order valence-electron chi connectivity index (χ4n) is 3.36. The third-order valence-corrected chi connectivity index (χ3v) is 4.97. The number of rotatable bonds is 7. The third kappa shape index (κ3) is 5.41. The number of aryl methyl sites for hydroxylation is 2. The molecule has 156 valence electrons. The number of carbonyl (C=O) groups is 1. The number of nitrogens with one attached hydrogen (secondary N) is 1. The van der Waals surface area contributed by atoms with Crippen molar-refractivity contribution in [2.45, 2.75) is 40.2 Å². The van der Waals surface area contributed by atoms with Crippen LogP contribution in [0.5, 0.6) is 11.5 Å². The maximum Gasteiger partial charge on any atom is 0.255 e. The predicted octanol–water partition coefficient (Wildman–Crippen LogP) is 6.27. The van der Waals surface area contributed by atoms with E-state index >= 15 is 0 Å². The van der Waals surface area contributed by atoms with Gasteiger partial charge in [-0.1, -0.05) is 32.0 Å². The maximum absolute atomic E-state index is 12.8. The molecule has 0 unspecified atom stereocenters. The lowest BCUT2D eigenvalue weighted by Gasteiger charge is -2.13. The lowest BCUT2D eigenvalue weighted by molar-refractivity contribution is 0.102. The van der Waals surface area contributed by atoms with Gasteiger partial charge in [0.15, 0.2) is 0 Å². The van der Waals surface area contributed by atoms with Gasteiger partial charge in [-0.15, -0.1) is 0 Å². The highest BCUT2D eigenvalue weighted by Gasteiger charge is 2.12. The Morgan fingerprint density at radius 1 is 0.933 bits per heavy atom. The molecule has 4 heteroatoms. The van der Waals surface area contributed by atoms with Gasteiger partial charge in [-0.05, 0) is 78.9 Å². The molecular weight excluding hydrogens is 374 g/mol. The van der Waals surface area contributed by atoms with Gasteiger partial charge in [0, 0.05) is 16.8 Å². The molecule has 4 nitrogen and oxygen atoms in total. The fraction of sp³-hybridized carbons (Fsp3) is 0.269. The quantitative estimate of drug-likeness (QED) is 0.506. The van der Waals surface area contributed by atoms with E-state index < -0.39 is 0 Å². The first-order valence-corrected chi connectivity index (χ1v) is 10.1. The summed E-state index contributed by atoms with van der Waals surface area (Å²) >= 11 is 0. The number of methoxy groups -OCH3 is 1. The van der Waals surface area contributed by atoms with Crippen LogP contribution < -0.4 is 14.8 Å². The van der Waals surface area contributed by atoms with E-state index in [2.05, 4.69) is 25.2 Å². The van der Waals surface area contributed by atoms with Gasteiger partial charge in [0.1, 0.15) is 18.1 Å². The largest absolute Gasteiger partial charge is 0.496 e. The second kappa shape index (κ2) is 9.49. The topological polar surface area (TPSA) is 47.6 Å². The highest BCUT2D eigenvalue weighted by molar-refractivity contribution is 6.04. The van der Waals surface area contributed by atoms with Crippen molar-refractivity contribution in [3.63, 3.8) is 0 Å². The highest BCUT2D eigenvalue weighted by atomic mass is 16.5. The van der Waals surface area contributed by atoms with E-state index in [0.717, 1.165) is 28.1 Å². The van der Waals surface area contributed by atoms with Crippen LogP contribution in [0.15, 0.2) is 60.7 Å². The van der Waals surface area contributed by atoms with Crippen molar-refractivity contribution >= 4 is 11.6 Å². The van der Waals surface area contributed by atoms with Crippen molar-refractivity contribution in [2.75, 3.05) is 12.4 Å². The number of hydrogen-bond acceptors (Lipinski definition) is 3. The number of anilines is 1. The van der Waals surface area contributed by atoms with Crippen molar-refractivity contribution in [1.82, 2.24) is 0 Å². The van der Waals surface area contributed by atoms with Crippen LogP contribution in [0, 0.1) is 13.8 Å². The summed E-state index contributed by atoms with van der Waals surface area (Å²) in [5.74, 6) is 1.78. The van der Waals surface area contributed by atoms with E-state index in [4.69, 9.17) is 9.47 Å². The molecule has 0 aliphatic carbocycles. The van der Waals surface area contributed by atoms with E-state index in [-0.39, 0.29) is 5.91 Å². The summed E-state index contributed by atoms with van der Waals surface area (Å²) in [4.78, 5) is 12.8. The van der Waals surface area contributed by atoms with Gasteiger partial charge < -0.3 is 14.8 Å². The smallest absolute Gasteiger partial charge is 0.255 e. The Morgan fingerprint density at radius 3 is 2.20 bits per heavy atom. The van der Waals surface area contributed by atoms with Gasteiger partial charge in [-0.25, -0.2) is 0 Å². The Bertz CT molecular complexity index is 1000. The summed E-state index contributed by atoms with van der Waals surface area (Å²) in [7, 11) is 1.62. The molecule has 3 rings (SSSR count). The summed E-state index contributed by atoms with van der Waals surface area (Å²) in [6.45, 7) is 8.69. The Kier molecular flexibility index (Phi) is 6.78. The molecule has 0 radical (unpaired) electrons. The first kappa shape index (κ1) is 21.4. The average molecular weight is 404 g/mol. The molecule has 0 saturated carbocycles. The first-order valence-electron chi connectivity index (χ1n) is 10.1. The zero-order valence-corrected chi connectivity index (χ0v) is 18.3. The van der Waals surface area contributed by atoms with Crippen LogP contribution >= 0.6 is 0 Å². The van der Waals surface area contributed by atoms with Crippen LogP contribution in [0.2, 0.25) is 0 Å². The monoisotopic (exact) mass is 403 g/mol. The molecular formula is C26H29NO3. The van der Waals surface area contributed by atoms with Crippen molar-refractivity contribution < 1.29 is 14.3 Å². The number of carbonyl (C=O) groups excluding carboxylic acids is 1. The number of hydrogen-bond donors (Lipinski definition) is 1. The zero-order valence-electron chi connectivity index (χ0n) is 18.3. The normalized spacial score (nSPS) is 10.7. The summed E-state index contributed by atoms with van der Waals surface area (Å²) in [6, 6.07) is 19.4. The summed E-state index contributed by atoms with van der Waals surface area (Å²) < 4.78 is 11.4. The molecule has 1 N–H and O–H groups in total. The molecule has 0 saturated heterocycles. The van der Waals surface area contributed by atoms with Gasteiger partial charge in [-0.3, -0.25) is 4.79 Å². The van der Waals surface area contributed by atoms with Gasteiger partial charge in [0.05, 0.1) is 7.11 Å². The molecule has 30 heavy (non-hydrogen) atoms. The average Bonchev–Trinajstić information content (AvgIpc) is 2.71. The van der Waals surface area contributed by atoms with Gasteiger partial charge in [0.25, 0.3) is 5.91 Å². The molecule has 0 bridgehead atoms. The number of amides is 1. The molecule has 0 aliphatic rings. The minimum Gasteiger partial charge on any atom is -0.496 e. The molecule has 0 heterocycles. The van der Waals surface area contributed by atoms with Crippen LogP contribution in [-0.2, 0) is 6.61 Å². The molecule has 0 aromatic heterocycles. The lowest BCUT2D eigenvalue weighted by Crippen LogP contribution is -2.13. The van der Waals surface area contributed by atoms with Crippen molar-refractivity contribution in [1.29, 1.82) is 0 Å². The van der Waals surface area contributed by atoms with Gasteiger partial charge >= 0.3 is 0 Å². The Hall–Kier alpha value is -3.27. The van der Waals surface area contributed by atoms with Crippen molar-refractivity contribution in [3.05, 3.63) is 88.5 Å². The van der Waals surface area contributed by atoms with Crippen LogP contribution in [0.3, 0.4) is 0 Å². The molecule has 0 atom stereocenters. The second-order valence-corrected chi connectivity index (χ2v) is 7.87. The number of ether oxygens (including phenoxy) is 2. The van der Waals surface area contributed by atoms with Gasteiger partial charge in [-0.2, -0.15) is 0 Å². The van der Waals surface area contributed by atoms with E-state index in [1.54, 1.807) is 19.2 Å². The van der Waals surface area contributed by atoms with E-state index in [1.165, 1.54) is 5.56 Å². The molecule has 3 aromatic carbocycles. The second-order valence-electron chi connectivity index (χ2n) is 7.87. The lowest BCUT2D eigenvalue weighted by atomic mass is 10.0. The number of benzene rings is 3. The predicted molar refractivity (Wildman–Crippen MR) is 122 cm³/mol. The van der Waals surface area contributed by atoms with E-state index in [1.807, 2.05) is 56.3 Å². The summed E-state index contributed by atoms with van der Waals surface area (Å²) in [5, 5.41) is 2.96. The molecule has 1 amide bonds. The van der Waals surface area contributed by atoms with Gasteiger partial charge in [0.2, 0.25) is 0 Å². The summed E-state index contributed by atoms with van der Waals surface area (Å²) in [5.41, 5.74) is 5.68. The highest BCUT2D eigenvalue weighted by Crippen LogP contribution is 2.24. The molecule has 3 aromatic rings. The minimum atomic E-state index is -0.164. The van der Waals surface area contributed by atoms with Crippen LogP contribution in [0.1, 0.15) is 52.4 Å². The third-order valence-electron chi connectivity index (χ3n) is 4.97. The SMILES string of the molecule is COc1ccc(C(=O)Nc2ccc(C(C)C)cc2)cc1COc1cc(C)cc(C)c1. The minimum absolute atomic E-state index is 0.164.